The molecule has 0 N–H and O–H groups in total. The zero-order valence-corrected chi connectivity index (χ0v) is 10.2. The predicted molar refractivity (Wildman–Crippen MR) is 61.4 cm³/mol. The largest absolute Gasteiger partial charge is 0.472 e. The highest BCUT2D eigenvalue weighted by atomic mass is 32.2. The number of hydrogen-bond donors (Lipinski definition) is 0. The van der Waals surface area contributed by atoms with E-state index in [-0.39, 0.29) is 11.7 Å². The molecule has 0 aromatic carbocycles. The summed E-state index contributed by atoms with van der Waals surface area (Å²) in [6.07, 6.45) is 3.05. The van der Waals surface area contributed by atoms with Crippen LogP contribution in [-0.4, -0.2) is 40.9 Å². The lowest BCUT2D eigenvalue weighted by atomic mass is 10.3. The van der Waals surface area contributed by atoms with Crippen molar-refractivity contribution in [1.82, 2.24) is 15.1 Å². The number of carbonyl (C=O) groups excluding carboxylic acids is 1. The van der Waals surface area contributed by atoms with Crippen LogP contribution in [0.15, 0.2) is 32.6 Å². The van der Waals surface area contributed by atoms with E-state index in [9.17, 15) is 4.79 Å². The van der Waals surface area contributed by atoms with E-state index in [4.69, 9.17) is 8.83 Å². The van der Waals surface area contributed by atoms with E-state index >= 15 is 0 Å². The van der Waals surface area contributed by atoms with Gasteiger partial charge in [-0.3, -0.25) is 4.79 Å². The fraction of sp³-hybridized carbons (Fsp3) is 0.300. The maximum absolute atomic E-state index is 11.4. The highest BCUT2D eigenvalue weighted by molar-refractivity contribution is 7.99. The molecule has 0 atom stereocenters. The number of amides is 1. The van der Waals surface area contributed by atoms with E-state index in [1.807, 2.05) is 0 Å². The van der Waals surface area contributed by atoms with Gasteiger partial charge in [0.1, 0.15) is 6.26 Å². The van der Waals surface area contributed by atoms with E-state index < -0.39 is 0 Å². The van der Waals surface area contributed by atoms with Gasteiger partial charge >= 0.3 is 0 Å². The minimum absolute atomic E-state index is 0.00180. The Morgan fingerprint density at radius 3 is 2.94 bits per heavy atom. The molecule has 6 nitrogen and oxygen atoms in total. The van der Waals surface area contributed by atoms with Crippen molar-refractivity contribution < 1.29 is 13.6 Å². The monoisotopic (exact) mass is 253 g/mol. The Kier molecular flexibility index (Phi) is 3.48. The van der Waals surface area contributed by atoms with E-state index in [1.54, 1.807) is 20.2 Å². The smallest absolute Gasteiger partial charge is 0.277 e. The average Bonchev–Trinajstić information content (AvgIpc) is 2.95. The summed E-state index contributed by atoms with van der Waals surface area (Å²) in [6, 6.07) is 1.73. The van der Waals surface area contributed by atoms with Crippen molar-refractivity contribution >= 4 is 17.7 Å². The molecule has 17 heavy (non-hydrogen) atoms. The number of hydrogen-bond acceptors (Lipinski definition) is 6. The number of furan rings is 1. The Morgan fingerprint density at radius 1 is 1.47 bits per heavy atom. The van der Waals surface area contributed by atoms with Gasteiger partial charge in [-0.2, -0.15) is 0 Å². The molecule has 2 aromatic heterocycles. The first-order valence-electron chi connectivity index (χ1n) is 4.86. The van der Waals surface area contributed by atoms with E-state index in [0.717, 1.165) is 5.56 Å². The standard InChI is InChI=1S/C10H11N3O3S/c1-13(2)8(14)6-17-10-12-11-9(16-10)7-3-4-15-5-7/h3-5H,6H2,1-2H3. The summed E-state index contributed by atoms with van der Waals surface area (Å²) in [5.74, 6) is 0.664. The Hall–Kier alpha value is -1.76. The lowest BCUT2D eigenvalue weighted by Crippen LogP contribution is -2.23. The third-order valence-electron chi connectivity index (χ3n) is 1.99. The highest BCUT2D eigenvalue weighted by Gasteiger charge is 2.12. The van der Waals surface area contributed by atoms with Gasteiger partial charge in [0.2, 0.25) is 5.91 Å². The van der Waals surface area contributed by atoms with Gasteiger partial charge in [0.15, 0.2) is 0 Å². The van der Waals surface area contributed by atoms with Gasteiger partial charge in [0.05, 0.1) is 17.6 Å². The highest BCUT2D eigenvalue weighted by Crippen LogP contribution is 2.23. The molecular formula is C10H11N3O3S. The van der Waals surface area contributed by atoms with Crippen LogP contribution in [0.4, 0.5) is 0 Å². The molecule has 0 unspecified atom stereocenters. The van der Waals surface area contributed by atoms with Gasteiger partial charge < -0.3 is 13.7 Å². The van der Waals surface area contributed by atoms with Crippen molar-refractivity contribution in [2.45, 2.75) is 5.22 Å². The second-order valence-corrected chi connectivity index (χ2v) is 4.39. The van der Waals surface area contributed by atoms with E-state index in [0.29, 0.717) is 11.1 Å². The fourth-order valence-corrected chi connectivity index (χ4v) is 1.77. The van der Waals surface area contributed by atoms with Crippen LogP contribution in [0.25, 0.3) is 11.5 Å². The topological polar surface area (TPSA) is 72.4 Å². The summed E-state index contributed by atoms with van der Waals surface area (Å²) in [5, 5.41) is 8.07. The van der Waals surface area contributed by atoms with Gasteiger partial charge in [0, 0.05) is 14.1 Å². The maximum atomic E-state index is 11.4. The Balaban J connectivity index is 1.97. The summed E-state index contributed by atoms with van der Waals surface area (Å²) in [6.45, 7) is 0. The molecule has 2 heterocycles. The molecule has 2 aromatic rings. The average molecular weight is 253 g/mol. The quantitative estimate of drug-likeness (QED) is 0.769. The molecule has 0 aliphatic carbocycles. The molecule has 0 aliphatic rings. The van der Waals surface area contributed by atoms with Gasteiger partial charge in [-0.1, -0.05) is 11.8 Å². The predicted octanol–water partition coefficient (Wildman–Crippen LogP) is 1.51. The van der Waals surface area contributed by atoms with Gasteiger partial charge in [0.25, 0.3) is 11.1 Å². The van der Waals surface area contributed by atoms with E-state index in [1.165, 1.54) is 29.2 Å². The molecule has 0 radical (unpaired) electrons. The van der Waals surface area contributed by atoms with Gasteiger partial charge in [-0.15, -0.1) is 10.2 Å². The Bertz CT molecular complexity index is 493. The van der Waals surface area contributed by atoms with E-state index in [2.05, 4.69) is 10.2 Å². The molecule has 0 fully saturated rings. The molecule has 0 aliphatic heterocycles. The van der Waals surface area contributed by atoms with Crippen molar-refractivity contribution in [1.29, 1.82) is 0 Å². The number of carbonyl (C=O) groups is 1. The molecule has 0 saturated heterocycles. The normalized spacial score (nSPS) is 10.5. The van der Waals surface area contributed by atoms with Crippen LogP contribution in [0.3, 0.4) is 0 Å². The molecule has 0 spiro atoms. The van der Waals surface area contributed by atoms with Crippen LogP contribution in [0, 0.1) is 0 Å². The van der Waals surface area contributed by atoms with Crippen molar-refractivity contribution in [2.24, 2.45) is 0 Å². The van der Waals surface area contributed by atoms with Crippen molar-refractivity contribution in [3.8, 4) is 11.5 Å². The molecular weight excluding hydrogens is 242 g/mol. The molecule has 0 bridgehead atoms. The first-order valence-corrected chi connectivity index (χ1v) is 5.84. The van der Waals surface area contributed by atoms with Crippen LogP contribution in [0.1, 0.15) is 0 Å². The lowest BCUT2D eigenvalue weighted by molar-refractivity contribution is -0.125. The first kappa shape index (κ1) is 11.7. The van der Waals surface area contributed by atoms with Gasteiger partial charge in [-0.25, -0.2) is 0 Å². The van der Waals surface area contributed by atoms with Crippen LogP contribution in [0.2, 0.25) is 0 Å². The molecule has 2 rings (SSSR count). The Morgan fingerprint density at radius 2 is 2.29 bits per heavy atom. The van der Waals surface area contributed by atoms with Crippen LogP contribution < -0.4 is 0 Å². The van der Waals surface area contributed by atoms with Crippen LogP contribution in [0.5, 0.6) is 0 Å². The SMILES string of the molecule is CN(C)C(=O)CSc1nnc(-c2ccoc2)o1. The minimum atomic E-state index is -0.00180. The summed E-state index contributed by atoms with van der Waals surface area (Å²) < 4.78 is 10.3. The van der Waals surface area contributed by atoms with Gasteiger partial charge in [-0.05, 0) is 6.07 Å². The summed E-state index contributed by atoms with van der Waals surface area (Å²) in [7, 11) is 3.40. The molecule has 90 valence electrons. The second kappa shape index (κ2) is 5.05. The maximum Gasteiger partial charge on any atom is 0.277 e. The number of rotatable bonds is 4. The third kappa shape index (κ3) is 2.88. The second-order valence-electron chi connectivity index (χ2n) is 3.46. The Labute approximate surface area is 102 Å². The number of thioether (sulfide) groups is 1. The molecule has 1 amide bonds. The third-order valence-corrected chi connectivity index (χ3v) is 2.80. The molecule has 7 heteroatoms. The zero-order chi connectivity index (χ0) is 12.3. The summed E-state index contributed by atoms with van der Waals surface area (Å²) in [5.41, 5.74) is 0.725. The zero-order valence-electron chi connectivity index (χ0n) is 9.41. The first-order chi connectivity index (χ1) is 8.16. The minimum Gasteiger partial charge on any atom is -0.472 e. The van der Waals surface area contributed by atoms with Crippen molar-refractivity contribution in [2.75, 3.05) is 19.8 Å². The molecule has 0 saturated carbocycles. The summed E-state index contributed by atoms with van der Waals surface area (Å²) in [4.78, 5) is 12.9. The van der Waals surface area contributed by atoms with Crippen LogP contribution in [-0.2, 0) is 4.79 Å². The fourth-order valence-electron chi connectivity index (χ4n) is 1.02. The van der Waals surface area contributed by atoms with Crippen molar-refractivity contribution in [3.05, 3.63) is 18.6 Å². The lowest BCUT2D eigenvalue weighted by Gasteiger charge is -2.07. The number of aromatic nitrogens is 2. The summed E-state index contributed by atoms with van der Waals surface area (Å²) >= 11 is 1.21. The van der Waals surface area contributed by atoms with Crippen LogP contribution >= 0.6 is 11.8 Å². The number of nitrogens with zero attached hydrogens (tertiary/aromatic N) is 3. The van der Waals surface area contributed by atoms with Crippen molar-refractivity contribution in [3.63, 3.8) is 0 Å².